The van der Waals surface area contributed by atoms with E-state index in [9.17, 15) is 4.55 Å². The van der Waals surface area contributed by atoms with Crippen LogP contribution >= 0.6 is 0 Å². The Kier molecular flexibility index (Phi) is 4.17. The van der Waals surface area contributed by atoms with Crippen molar-refractivity contribution >= 4 is 27.9 Å². The van der Waals surface area contributed by atoms with Gasteiger partial charge >= 0.3 is 0 Å². The van der Waals surface area contributed by atoms with Crippen molar-refractivity contribution in [2.24, 2.45) is 5.92 Å². The molecule has 0 amide bonds. The Morgan fingerprint density at radius 2 is 1.96 bits per heavy atom. The number of pyridine rings is 1. The Balaban J connectivity index is 1.65. The molecule has 1 aliphatic heterocycles. The lowest BCUT2D eigenvalue weighted by atomic mass is 10.00. The van der Waals surface area contributed by atoms with Gasteiger partial charge in [0.05, 0.1) is 16.6 Å². The van der Waals surface area contributed by atoms with Crippen LogP contribution in [-0.2, 0) is 30.7 Å². The first-order valence-corrected chi connectivity index (χ1v) is 11.3. The molecule has 27 heavy (non-hydrogen) atoms. The van der Waals surface area contributed by atoms with Crippen LogP contribution in [0.1, 0.15) is 29.7 Å². The van der Waals surface area contributed by atoms with E-state index in [2.05, 4.69) is 40.7 Å². The quantitative estimate of drug-likeness (QED) is 0.642. The summed E-state index contributed by atoms with van der Waals surface area (Å²) in [5.74, 6) is 1.80. The second-order valence-corrected chi connectivity index (χ2v) is 9.21. The van der Waals surface area contributed by atoms with Gasteiger partial charge in [-0.1, -0.05) is 24.3 Å². The first kappa shape index (κ1) is 17.1. The second kappa shape index (κ2) is 6.57. The molecule has 2 aliphatic rings. The van der Waals surface area contributed by atoms with Crippen molar-refractivity contribution in [2.75, 3.05) is 17.7 Å². The van der Waals surface area contributed by atoms with Crippen molar-refractivity contribution in [2.45, 2.75) is 44.2 Å². The molecule has 0 radical (unpaired) electrons. The van der Waals surface area contributed by atoms with E-state index in [1.54, 1.807) is 6.26 Å². The van der Waals surface area contributed by atoms with E-state index in [4.69, 9.17) is 4.98 Å². The number of hydrogen-bond acceptors (Lipinski definition) is 3. The lowest BCUT2D eigenvalue weighted by Crippen LogP contribution is -2.31. The first-order chi connectivity index (χ1) is 13.1. The van der Waals surface area contributed by atoms with E-state index in [-0.39, 0.29) is 0 Å². The van der Waals surface area contributed by atoms with Crippen molar-refractivity contribution < 1.29 is 4.55 Å². The molecule has 5 heteroatoms. The monoisotopic (exact) mass is 379 g/mol. The number of hydrogen-bond donors (Lipinski definition) is 0. The highest BCUT2D eigenvalue weighted by atomic mass is 32.2. The minimum Gasteiger partial charge on any atom is -0.612 e. The van der Waals surface area contributed by atoms with E-state index in [0.717, 1.165) is 53.8 Å². The third-order valence-corrected chi connectivity index (χ3v) is 7.10. The predicted molar refractivity (Wildman–Crippen MR) is 111 cm³/mol. The molecule has 4 nitrogen and oxygen atoms in total. The number of anilines is 1. The number of benzene rings is 1. The normalized spacial score (nSPS) is 18.0. The molecule has 1 saturated carbocycles. The standard InChI is InChI=1S/C22H25N3OS/c1-15-21(27(2)26)19-9-11-23-22(20(19)25(15)13-16-7-8-16)24-12-10-17-5-3-4-6-18(17)14-24/h3-6,9,11,16H,7-8,10,12-14H2,1-2H3. The zero-order valence-corrected chi connectivity index (χ0v) is 16.8. The lowest BCUT2D eigenvalue weighted by Gasteiger charge is -2.30. The average Bonchev–Trinajstić information content (AvgIpc) is 3.45. The van der Waals surface area contributed by atoms with E-state index >= 15 is 0 Å². The summed E-state index contributed by atoms with van der Waals surface area (Å²) in [7, 11) is 0. The third-order valence-electron chi connectivity index (χ3n) is 6.01. The molecule has 0 spiro atoms. The van der Waals surface area contributed by atoms with Gasteiger partial charge in [0, 0.05) is 25.8 Å². The maximum atomic E-state index is 12.5. The summed E-state index contributed by atoms with van der Waals surface area (Å²) in [6.45, 7) is 5.00. The van der Waals surface area contributed by atoms with Crippen LogP contribution in [0.3, 0.4) is 0 Å². The van der Waals surface area contributed by atoms with Gasteiger partial charge in [-0.25, -0.2) is 4.98 Å². The van der Waals surface area contributed by atoms with Gasteiger partial charge in [-0.3, -0.25) is 0 Å². The molecule has 0 N–H and O–H groups in total. The van der Waals surface area contributed by atoms with Gasteiger partial charge in [-0.2, -0.15) is 0 Å². The molecule has 2 aromatic heterocycles. The number of rotatable bonds is 4. The van der Waals surface area contributed by atoms with Gasteiger partial charge < -0.3 is 14.0 Å². The Morgan fingerprint density at radius 1 is 1.19 bits per heavy atom. The average molecular weight is 380 g/mol. The summed E-state index contributed by atoms with van der Waals surface area (Å²) in [5.41, 5.74) is 5.15. The van der Waals surface area contributed by atoms with Crippen LogP contribution in [-0.4, -0.2) is 26.9 Å². The highest BCUT2D eigenvalue weighted by Gasteiger charge is 2.30. The molecule has 140 valence electrons. The molecule has 0 bridgehead atoms. The van der Waals surface area contributed by atoms with Crippen LogP contribution in [0.5, 0.6) is 0 Å². The van der Waals surface area contributed by atoms with Crippen LogP contribution in [0.25, 0.3) is 10.9 Å². The molecule has 3 heterocycles. The Hall–Kier alpha value is -1.98. The van der Waals surface area contributed by atoms with Gasteiger partial charge in [-0.05, 0) is 60.5 Å². The smallest absolute Gasteiger partial charge is 0.181 e. The summed E-state index contributed by atoms with van der Waals surface area (Å²) < 4.78 is 14.9. The first-order valence-electron chi connectivity index (χ1n) is 9.76. The molecule has 1 aromatic carbocycles. The minimum atomic E-state index is -1.01. The van der Waals surface area contributed by atoms with Crippen molar-refractivity contribution in [1.82, 2.24) is 9.55 Å². The Bertz CT molecular complexity index is 1010. The van der Waals surface area contributed by atoms with Crippen LogP contribution in [0.15, 0.2) is 41.4 Å². The fourth-order valence-corrected chi connectivity index (χ4v) is 5.44. The molecule has 5 rings (SSSR count). The maximum absolute atomic E-state index is 12.5. The molecule has 0 saturated heterocycles. The number of aromatic nitrogens is 2. The van der Waals surface area contributed by atoms with E-state index in [1.165, 1.54) is 29.5 Å². The van der Waals surface area contributed by atoms with Crippen LogP contribution < -0.4 is 4.90 Å². The summed E-state index contributed by atoms with van der Waals surface area (Å²) >= 11 is -1.01. The van der Waals surface area contributed by atoms with E-state index < -0.39 is 11.2 Å². The SMILES string of the molecule is Cc1c([S+](C)[O-])c2ccnc(N3CCc4ccccc4C3)c2n1CC1CC1. The molecule has 1 fully saturated rings. The zero-order chi connectivity index (χ0) is 18.5. The molecular weight excluding hydrogens is 354 g/mol. The van der Waals surface area contributed by atoms with Crippen LogP contribution in [0.4, 0.5) is 5.82 Å². The Labute approximate surface area is 163 Å². The summed E-state index contributed by atoms with van der Waals surface area (Å²) in [4.78, 5) is 8.19. The van der Waals surface area contributed by atoms with Crippen LogP contribution in [0.2, 0.25) is 0 Å². The van der Waals surface area contributed by atoms with Crippen molar-refractivity contribution in [3.63, 3.8) is 0 Å². The number of nitrogens with zero attached hydrogens (tertiary/aromatic N) is 3. The predicted octanol–water partition coefficient (Wildman–Crippen LogP) is 4.05. The largest absolute Gasteiger partial charge is 0.612 e. The second-order valence-electron chi connectivity index (χ2n) is 7.89. The Morgan fingerprint density at radius 3 is 2.70 bits per heavy atom. The van der Waals surface area contributed by atoms with Gasteiger partial charge in [0.25, 0.3) is 0 Å². The molecule has 1 atom stereocenters. The topological polar surface area (TPSA) is 44.1 Å². The fourth-order valence-electron chi connectivity index (χ4n) is 4.44. The zero-order valence-electron chi connectivity index (χ0n) is 15.9. The molecule has 1 aliphatic carbocycles. The van der Waals surface area contributed by atoms with Gasteiger partial charge in [0.2, 0.25) is 0 Å². The molecule has 3 aromatic rings. The fraction of sp³-hybridized carbons (Fsp3) is 0.409. The van der Waals surface area contributed by atoms with Crippen LogP contribution in [0, 0.1) is 12.8 Å². The van der Waals surface area contributed by atoms with Crippen molar-refractivity contribution in [1.29, 1.82) is 0 Å². The van der Waals surface area contributed by atoms with Gasteiger partial charge in [-0.15, -0.1) is 0 Å². The lowest BCUT2D eigenvalue weighted by molar-refractivity contribution is 0.596. The van der Waals surface area contributed by atoms with E-state index in [0.29, 0.717) is 0 Å². The van der Waals surface area contributed by atoms with Crippen molar-refractivity contribution in [3.8, 4) is 0 Å². The summed E-state index contributed by atoms with van der Waals surface area (Å²) in [6, 6.07) is 10.8. The molecule has 1 unspecified atom stereocenters. The highest BCUT2D eigenvalue weighted by Crippen LogP contribution is 2.39. The van der Waals surface area contributed by atoms with Gasteiger partial charge in [0.1, 0.15) is 6.26 Å². The van der Waals surface area contributed by atoms with Gasteiger partial charge in [0.15, 0.2) is 10.7 Å². The third kappa shape index (κ3) is 2.93. The molecular formula is C22H25N3OS. The summed E-state index contributed by atoms with van der Waals surface area (Å²) in [5, 5.41) is 1.11. The van der Waals surface area contributed by atoms with E-state index in [1.807, 2.05) is 12.3 Å². The number of fused-ring (bicyclic) bond motifs is 2. The summed E-state index contributed by atoms with van der Waals surface area (Å²) in [6.07, 6.45) is 7.33. The maximum Gasteiger partial charge on any atom is 0.181 e. The highest BCUT2D eigenvalue weighted by molar-refractivity contribution is 7.91. The minimum absolute atomic E-state index is 0.757. The van der Waals surface area contributed by atoms with Crippen molar-refractivity contribution in [3.05, 3.63) is 53.3 Å².